The highest BCUT2D eigenvalue weighted by molar-refractivity contribution is 9.10. The third kappa shape index (κ3) is 4.17. The van der Waals surface area contributed by atoms with Crippen molar-refractivity contribution in [1.29, 1.82) is 0 Å². The van der Waals surface area contributed by atoms with Gasteiger partial charge in [0.15, 0.2) is 0 Å². The van der Waals surface area contributed by atoms with E-state index in [1.165, 1.54) is 38.9 Å². The van der Waals surface area contributed by atoms with Crippen molar-refractivity contribution in [2.75, 3.05) is 25.0 Å². The van der Waals surface area contributed by atoms with Gasteiger partial charge >= 0.3 is 0 Å². The van der Waals surface area contributed by atoms with Crippen LogP contribution in [0.4, 0.5) is 5.69 Å². The van der Waals surface area contributed by atoms with Crippen molar-refractivity contribution in [3.05, 3.63) is 28.2 Å². The Balaban J connectivity index is 2.00. The summed E-state index contributed by atoms with van der Waals surface area (Å²) in [5.74, 6) is 0. The summed E-state index contributed by atoms with van der Waals surface area (Å²) >= 11 is 8.64. The van der Waals surface area contributed by atoms with Crippen LogP contribution in [0.15, 0.2) is 22.7 Å². The Morgan fingerprint density at radius 3 is 2.75 bits per heavy atom. The van der Waals surface area contributed by atoms with Crippen LogP contribution in [-0.2, 0) is 0 Å². The van der Waals surface area contributed by atoms with E-state index in [0.29, 0.717) is 11.0 Å². The number of hydrogen-bond donors (Lipinski definition) is 2. The summed E-state index contributed by atoms with van der Waals surface area (Å²) in [4.78, 5) is 2.98. The molecule has 2 rings (SSSR count). The Hall–Kier alpha value is -0.650. The largest absolute Gasteiger partial charge is 0.389 e. The lowest BCUT2D eigenvalue weighted by Crippen LogP contribution is -2.39. The average Bonchev–Trinajstić information content (AvgIpc) is 2.41. The number of nitrogens with two attached hydrogens (primary N) is 1. The SMILES string of the molecule is CCCN1CCC(Nc2cc(Br)ccc2C(N)=S)CC1. The maximum Gasteiger partial charge on any atom is 0.106 e. The van der Waals surface area contributed by atoms with Crippen molar-refractivity contribution in [1.82, 2.24) is 4.90 Å². The molecule has 1 fully saturated rings. The van der Waals surface area contributed by atoms with Gasteiger partial charge in [0.25, 0.3) is 0 Å². The van der Waals surface area contributed by atoms with E-state index in [-0.39, 0.29) is 0 Å². The molecule has 0 bridgehead atoms. The number of anilines is 1. The highest BCUT2D eigenvalue weighted by Crippen LogP contribution is 2.24. The van der Waals surface area contributed by atoms with E-state index in [1.54, 1.807) is 0 Å². The van der Waals surface area contributed by atoms with Gasteiger partial charge in [0.2, 0.25) is 0 Å². The summed E-state index contributed by atoms with van der Waals surface area (Å²) in [6, 6.07) is 6.52. The van der Waals surface area contributed by atoms with E-state index < -0.39 is 0 Å². The molecule has 1 saturated heterocycles. The monoisotopic (exact) mass is 355 g/mol. The van der Waals surface area contributed by atoms with Crippen LogP contribution in [0, 0.1) is 0 Å². The van der Waals surface area contributed by atoms with Gasteiger partial charge < -0.3 is 16.0 Å². The predicted molar refractivity (Wildman–Crippen MR) is 93.4 cm³/mol. The number of nitrogens with zero attached hydrogens (tertiary/aromatic N) is 1. The van der Waals surface area contributed by atoms with E-state index in [0.717, 1.165) is 15.7 Å². The van der Waals surface area contributed by atoms with Crippen LogP contribution in [0.25, 0.3) is 0 Å². The molecule has 20 heavy (non-hydrogen) atoms. The Morgan fingerprint density at radius 2 is 2.15 bits per heavy atom. The van der Waals surface area contributed by atoms with Crippen LogP contribution in [-0.4, -0.2) is 35.6 Å². The molecular formula is C15H22BrN3S. The van der Waals surface area contributed by atoms with Crippen LogP contribution >= 0.6 is 28.1 Å². The molecule has 5 heteroatoms. The van der Waals surface area contributed by atoms with Gasteiger partial charge in [-0.1, -0.05) is 35.1 Å². The minimum Gasteiger partial charge on any atom is -0.389 e. The minimum atomic E-state index is 0.448. The lowest BCUT2D eigenvalue weighted by Gasteiger charge is -2.33. The molecule has 1 aliphatic rings. The lowest BCUT2D eigenvalue weighted by atomic mass is 10.0. The summed E-state index contributed by atoms with van der Waals surface area (Å²) < 4.78 is 1.04. The molecule has 0 aliphatic carbocycles. The van der Waals surface area contributed by atoms with Gasteiger partial charge in [-0.25, -0.2) is 0 Å². The fourth-order valence-corrected chi connectivity index (χ4v) is 3.23. The van der Waals surface area contributed by atoms with Gasteiger partial charge in [-0.05, 0) is 44.0 Å². The quantitative estimate of drug-likeness (QED) is 0.794. The fraction of sp³-hybridized carbons (Fsp3) is 0.533. The second-order valence-electron chi connectivity index (χ2n) is 5.31. The normalized spacial score (nSPS) is 17.1. The third-order valence-corrected chi connectivity index (χ3v) is 4.45. The second-order valence-corrected chi connectivity index (χ2v) is 6.67. The number of nitrogens with one attached hydrogen (secondary N) is 1. The number of thiocarbonyl (C=S) groups is 1. The molecule has 0 aromatic heterocycles. The first-order valence-corrected chi connectivity index (χ1v) is 8.38. The van der Waals surface area contributed by atoms with Crippen LogP contribution in [0.1, 0.15) is 31.7 Å². The number of benzene rings is 1. The first kappa shape index (κ1) is 15.7. The van der Waals surface area contributed by atoms with Crippen LogP contribution < -0.4 is 11.1 Å². The number of piperidine rings is 1. The van der Waals surface area contributed by atoms with Crippen molar-refractivity contribution in [3.8, 4) is 0 Å². The van der Waals surface area contributed by atoms with Crippen LogP contribution in [0.3, 0.4) is 0 Å². The topological polar surface area (TPSA) is 41.3 Å². The van der Waals surface area contributed by atoms with Gasteiger partial charge in [0.1, 0.15) is 4.99 Å². The zero-order valence-electron chi connectivity index (χ0n) is 11.9. The Labute approximate surface area is 135 Å². The summed E-state index contributed by atoms with van der Waals surface area (Å²) in [5.41, 5.74) is 7.77. The van der Waals surface area contributed by atoms with Crippen LogP contribution in [0.2, 0.25) is 0 Å². The highest BCUT2D eigenvalue weighted by Gasteiger charge is 2.19. The zero-order valence-corrected chi connectivity index (χ0v) is 14.3. The van der Waals surface area contributed by atoms with E-state index in [9.17, 15) is 0 Å². The molecule has 3 nitrogen and oxygen atoms in total. The first-order valence-electron chi connectivity index (χ1n) is 7.18. The maximum atomic E-state index is 5.80. The second kappa shape index (κ2) is 7.38. The Bertz CT molecular complexity index is 470. The molecule has 1 aliphatic heterocycles. The number of rotatable bonds is 5. The van der Waals surface area contributed by atoms with Crippen LogP contribution in [0.5, 0.6) is 0 Å². The van der Waals surface area contributed by atoms with Gasteiger partial charge in [-0.3, -0.25) is 0 Å². The van der Waals surface area contributed by atoms with E-state index in [4.69, 9.17) is 18.0 Å². The van der Waals surface area contributed by atoms with E-state index in [2.05, 4.69) is 39.1 Å². The van der Waals surface area contributed by atoms with Gasteiger partial charge in [0.05, 0.1) is 0 Å². The van der Waals surface area contributed by atoms with Crippen molar-refractivity contribution in [3.63, 3.8) is 0 Å². The summed E-state index contributed by atoms with van der Waals surface area (Å²) in [6.45, 7) is 5.78. The molecule has 0 atom stereocenters. The summed E-state index contributed by atoms with van der Waals surface area (Å²) in [7, 11) is 0. The smallest absolute Gasteiger partial charge is 0.106 e. The fourth-order valence-electron chi connectivity index (χ4n) is 2.69. The lowest BCUT2D eigenvalue weighted by molar-refractivity contribution is 0.219. The molecule has 0 unspecified atom stereocenters. The maximum absolute atomic E-state index is 5.80. The molecule has 0 amide bonds. The molecule has 0 radical (unpaired) electrons. The first-order chi connectivity index (χ1) is 9.60. The highest BCUT2D eigenvalue weighted by atomic mass is 79.9. The van der Waals surface area contributed by atoms with Crippen molar-refractivity contribution in [2.24, 2.45) is 5.73 Å². The Kier molecular flexibility index (Phi) is 5.81. The van der Waals surface area contributed by atoms with E-state index in [1.807, 2.05) is 12.1 Å². The predicted octanol–water partition coefficient (Wildman–Crippen LogP) is 3.37. The zero-order chi connectivity index (χ0) is 14.5. The molecule has 110 valence electrons. The molecule has 1 heterocycles. The molecule has 0 spiro atoms. The average molecular weight is 356 g/mol. The van der Waals surface area contributed by atoms with Crippen molar-refractivity contribution < 1.29 is 0 Å². The van der Waals surface area contributed by atoms with Crippen molar-refractivity contribution in [2.45, 2.75) is 32.2 Å². The molecule has 3 N–H and O–H groups in total. The summed E-state index contributed by atoms with van der Waals surface area (Å²) in [6.07, 6.45) is 3.57. The number of halogens is 1. The van der Waals surface area contributed by atoms with Gasteiger partial charge in [-0.2, -0.15) is 0 Å². The molecule has 0 saturated carbocycles. The van der Waals surface area contributed by atoms with E-state index >= 15 is 0 Å². The van der Waals surface area contributed by atoms with Gasteiger partial charge in [0, 0.05) is 34.9 Å². The van der Waals surface area contributed by atoms with Crippen molar-refractivity contribution >= 4 is 38.8 Å². The molecule has 1 aromatic carbocycles. The Morgan fingerprint density at radius 1 is 1.45 bits per heavy atom. The summed E-state index contributed by atoms with van der Waals surface area (Å²) in [5, 5.41) is 3.61. The number of hydrogen-bond acceptors (Lipinski definition) is 3. The standard InChI is InChI=1S/C15H22BrN3S/c1-2-7-19-8-5-12(6-9-19)18-14-10-11(16)3-4-13(14)15(17)20/h3-4,10,12,18H,2,5-9H2,1H3,(H2,17,20). The number of likely N-dealkylation sites (tertiary alicyclic amines) is 1. The molecular weight excluding hydrogens is 334 g/mol. The third-order valence-electron chi connectivity index (χ3n) is 3.73. The molecule has 1 aromatic rings. The minimum absolute atomic E-state index is 0.448. The van der Waals surface area contributed by atoms with Gasteiger partial charge in [-0.15, -0.1) is 0 Å².